The van der Waals surface area contributed by atoms with E-state index in [1.165, 1.54) is 22.4 Å². The molecule has 1 fully saturated rings. The lowest BCUT2D eigenvalue weighted by Gasteiger charge is -2.30. The Hall–Kier alpha value is -3.94. The molecule has 1 aliphatic heterocycles. The van der Waals surface area contributed by atoms with E-state index in [-0.39, 0.29) is 12.5 Å². The summed E-state index contributed by atoms with van der Waals surface area (Å²) in [7, 11) is 1.65. The van der Waals surface area contributed by atoms with Gasteiger partial charge in [0.15, 0.2) is 0 Å². The molecule has 1 N–H and O–H groups in total. The first-order valence-corrected chi connectivity index (χ1v) is 14.3. The van der Waals surface area contributed by atoms with Gasteiger partial charge in [0.2, 0.25) is 5.95 Å². The number of anilines is 1. The maximum Gasteiger partial charge on any atom is 0.323 e. The average Bonchev–Trinajstić information content (AvgIpc) is 2.99. The quantitative estimate of drug-likeness (QED) is 0.388. The number of carbonyl (C=O) groups excluding carboxylic acids is 1. The number of amides is 1. The van der Waals surface area contributed by atoms with E-state index < -0.39 is 5.97 Å². The Morgan fingerprint density at radius 3 is 2.62 bits per heavy atom. The summed E-state index contributed by atoms with van der Waals surface area (Å²) in [4.78, 5) is 38.9. The molecule has 0 atom stereocenters. The molecule has 40 heavy (non-hydrogen) atoms. The molecular weight excluding hydrogens is 504 g/mol. The summed E-state index contributed by atoms with van der Waals surface area (Å²) >= 11 is 0. The fourth-order valence-corrected chi connectivity index (χ4v) is 5.92. The zero-order valence-corrected chi connectivity index (χ0v) is 23.2. The number of aryl methyl sites for hydroxylation is 2. The highest BCUT2D eigenvalue weighted by Gasteiger charge is 2.27. The van der Waals surface area contributed by atoms with Crippen molar-refractivity contribution in [2.75, 3.05) is 31.6 Å². The van der Waals surface area contributed by atoms with Crippen molar-refractivity contribution < 1.29 is 19.4 Å². The van der Waals surface area contributed by atoms with Crippen LogP contribution < -0.4 is 9.64 Å². The summed E-state index contributed by atoms with van der Waals surface area (Å²) < 4.78 is 5.39. The maximum atomic E-state index is 13.9. The Morgan fingerprint density at radius 1 is 1.05 bits per heavy atom. The third-order valence-electron chi connectivity index (χ3n) is 8.10. The van der Waals surface area contributed by atoms with Gasteiger partial charge in [0.05, 0.1) is 18.4 Å². The number of nitrogens with zero attached hydrogens (tertiary/aromatic N) is 4. The minimum absolute atomic E-state index is 0.302. The van der Waals surface area contributed by atoms with Crippen LogP contribution in [0.5, 0.6) is 5.75 Å². The van der Waals surface area contributed by atoms with Crippen LogP contribution in [0, 0.1) is 5.92 Å². The number of carboxylic acid groups (broad SMARTS) is 1. The third kappa shape index (κ3) is 6.79. The van der Waals surface area contributed by atoms with Crippen LogP contribution in [-0.2, 0) is 30.6 Å². The first-order valence-electron chi connectivity index (χ1n) is 14.3. The monoisotopic (exact) mass is 542 g/mol. The van der Waals surface area contributed by atoms with E-state index in [1.807, 2.05) is 30.3 Å². The standard InChI is InChI=1S/C32H38N4O4/c1-40-27-13-7-10-23(18-27)14-15-29-28(31(39)36(22-30(37)38)20-24-8-3-2-4-9-24)19-33-32(34-29)35-17-16-25-11-5-6-12-26(25)21-35/h5-7,10-13,18-19,24H,2-4,8-9,14-17,20-22H2,1H3,(H,37,38). The van der Waals surface area contributed by atoms with Gasteiger partial charge in [0.25, 0.3) is 5.91 Å². The van der Waals surface area contributed by atoms with Gasteiger partial charge >= 0.3 is 5.97 Å². The van der Waals surface area contributed by atoms with Gasteiger partial charge in [-0.05, 0) is 66.8 Å². The lowest BCUT2D eigenvalue weighted by atomic mass is 9.89. The second-order valence-electron chi connectivity index (χ2n) is 10.9. The van der Waals surface area contributed by atoms with E-state index in [0.29, 0.717) is 49.1 Å². The number of ether oxygens (including phenoxy) is 1. The van der Waals surface area contributed by atoms with Gasteiger partial charge in [-0.1, -0.05) is 55.7 Å². The van der Waals surface area contributed by atoms with Crippen molar-refractivity contribution in [1.29, 1.82) is 0 Å². The SMILES string of the molecule is COc1cccc(CCc2nc(N3CCc4ccccc4C3)ncc2C(=O)N(CC(=O)O)CC2CCCCC2)c1. The second-order valence-corrected chi connectivity index (χ2v) is 10.9. The summed E-state index contributed by atoms with van der Waals surface area (Å²) in [5.74, 6) is 0.398. The molecular formula is C32H38N4O4. The fraction of sp³-hybridized carbons (Fsp3) is 0.438. The van der Waals surface area contributed by atoms with E-state index in [4.69, 9.17) is 9.72 Å². The Labute approximate surface area is 236 Å². The molecule has 1 amide bonds. The van der Waals surface area contributed by atoms with E-state index in [0.717, 1.165) is 50.0 Å². The minimum Gasteiger partial charge on any atom is -0.497 e. The summed E-state index contributed by atoms with van der Waals surface area (Å²) in [5, 5.41) is 9.63. The van der Waals surface area contributed by atoms with Crippen molar-refractivity contribution in [2.45, 2.75) is 57.9 Å². The molecule has 5 rings (SSSR count). The van der Waals surface area contributed by atoms with Crippen LogP contribution in [0.3, 0.4) is 0 Å². The fourth-order valence-electron chi connectivity index (χ4n) is 5.92. The van der Waals surface area contributed by atoms with E-state index in [9.17, 15) is 14.7 Å². The minimum atomic E-state index is -1.01. The number of methoxy groups -OCH3 is 1. The Balaban J connectivity index is 1.43. The molecule has 0 unspecified atom stereocenters. The van der Waals surface area contributed by atoms with Crippen molar-refractivity contribution in [3.05, 3.63) is 82.7 Å². The predicted molar refractivity (Wildman–Crippen MR) is 154 cm³/mol. The van der Waals surface area contributed by atoms with Crippen molar-refractivity contribution in [1.82, 2.24) is 14.9 Å². The largest absolute Gasteiger partial charge is 0.497 e. The van der Waals surface area contributed by atoms with Crippen LogP contribution >= 0.6 is 0 Å². The molecule has 1 aromatic heterocycles. The van der Waals surface area contributed by atoms with E-state index in [2.05, 4.69) is 28.1 Å². The van der Waals surface area contributed by atoms with Crippen LogP contribution in [0.4, 0.5) is 5.95 Å². The van der Waals surface area contributed by atoms with E-state index >= 15 is 0 Å². The number of rotatable bonds is 10. The van der Waals surface area contributed by atoms with Crippen LogP contribution in [0.15, 0.2) is 54.7 Å². The lowest BCUT2D eigenvalue weighted by Crippen LogP contribution is -2.40. The number of benzene rings is 2. The van der Waals surface area contributed by atoms with Crippen molar-refractivity contribution >= 4 is 17.8 Å². The molecule has 0 spiro atoms. The highest BCUT2D eigenvalue weighted by atomic mass is 16.5. The molecule has 2 aromatic carbocycles. The number of carboxylic acids is 1. The van der Waals surface area contributed by atoms with E-state index in [1.54, 1.807) is 13.3 Å². The van der Waals surface area contributed by atoms with Crippen LogP contribution in [0.25, 0.3) is 0 Å². The molecule has 2 heterocycles. The molecule has 210 valence electrons. The first kappa shape index (κ1) is 27.6. The van der Waals surface area contributed by atoms with Crippen molar-refractivity contribution in [2.24, 2.45) is 5.92 Å². The molecule has 0 saturated heterocycles. The van der Waals surface area contributed by atoms with Gasteiger partial charge in [-0.3, -0.25) is 9.59 Å². The number of fused-ring (bicyclic) bond motifs is 1. The van der Waals surface area contributed by atoms with Gasteiger partial charge in [0, 0.05) is 25.8 Å². The molecule has 1 aliphatic carbocycles. The molecule has 0 radical (unpaired) electrons. The Kier molecular flexibility index (Phi) is 8.94. The van der Waals surface area contributed by atoms with Gasteiger partial charge in [-0.25, -0.2) is 9.97 Å². The number of hydrogen-bond donors (Lipinski definition) is 1. The number of carbonyl (C=O) groups is 2. The maximum absolute atomic E-state index is 13.9. The van der Waals surface area contributed by atoms with Crippen LogP contribution in [-0.4, -0.2) is 58.6 Å². The molecule has 8 nitrogen and oxygen atoms in total. The second kappa shape index (κ2) is 12.9. The molecule has 2 aliphatic rings. The normalized spacial score (nSPS) is 15.4. The molecule has 1 saturated carbocycles. The highest BCUT2D eigenvalue weighted by molar-refractivity contribution is 5.96. The summed E-state index contributed by atoms with van der Waals surface area (Å²) in [6, 6.07) is 16.3. The molecule has 8 heteroatoms. The van der Waals surface area contributed by atoms with Crippen LogP contribution in [0.1, 0.15) is 64.8 Å². The van der Waals surface area contributed by atoms with Crippen LogP contribution in [0.2, 0.25) is 0 Å². The van der Waals surface area contributed by atoms with Gasteiger partial charge in [-0.15, -0.1) is 0 Å². The first-order chi connectivity index (χ1) is 19.5. The number of aromatic nitrogens is 2. The zero-order chi connectivity index (χ0) is 27.9. The summed E-state index contributed by atoms with van der Waals surface area (Å²) in [6.07, 6.45) is 9.22. The summed E-state index contributed by atoms with van der Waals surface area (Å²) in [6.45, 7) is 1.64. The van der Waals surface area contributed by atoms with Crippen molar-refractivity contribution in [3.8, 4) is 5.75 Å². The summed E-state index contributed by atoms with van der Waals surface area (Å²) in [5.41, 5.74) is 4.72. The zero-order valence-electron chi connectivity index (χ0n) is 23.2. The van der Waals surface area contributed by atoms with Gasteiger partial charge in [-0.2, -0.15) is 0 Å². The average molecular weight is 543 g/mol. The smallest absolute Gasteiger partial charge is 0.323 e. The highest BCUT2D eigenvalue weighted by Crippen LogP contribution is 2.27. The Bertz CT molecular complexity index is 1340. The predicted octanol–water partition coefficient (Wildman–Crippen LogP) is 4.94. The molecule has 0 bridgehead atoms. The van der Waals surface area contributed by atoms with Gasteiger partial charge in [0.1, 0.15) is 12.3 Å². The topological polar surface area (TPSA) is 95.9 Å². The van der Waals surface area contributed by atoms with Crippen molar-refractivity contribution in [3.63, 3.8) is 0 Å². The third-order valence-corrected chi connectivity index (χ3v) is 8.10. The number of hydrogen-bond acceptors (Lipinski definition) is 6. The Morgan fingerprint density at radius 2 is 1.85 bits per heavy atom. The number of aliphatic carboxylic acids is 1. The van der Waals surface area contributed by atoms with Gasteiger partial charge < -0.3 is 19.6 Å². The lowest BCUT2D eigenvalue weighted by molar-refractivity contribution is -0.137. The molecule has 3 aromatic rings.